The normalized spacial score (nSPS) is 15.3. The number of hydrogen-bond acceptors (Lipinski definition) is 4. The van der Waals surface area contributed by atoms with Crippen LogP contribution in [0.1, 0.15) is 12.8 Å². The minimum absolute atomic E-state index is 0.270. The number of rotatable bonds is 4. The summed E-state index contributed by atoms with van der Waals surface area (Å²) < 4.78 is 30.7. The monoisotopic (exact) mass is 442 g/mol. The molecule has 1 N–H and O–H groups in total. The lowest BCUT2D eigenvalue weighted by Gasteiger charge is -2.31. The van der Waals surface area contributed by atoms with Crippen molar-refractivity contribution in [2.75, 3.05) is 25.5 Å². The van der Waals surface area contributed by atoms with E-state index < -0.39 is 15.1 Å². The minimum Gasteiger partial charge on any atom is -0.497 e. The number of nitrogens with one attached hydrogen (secondary N) is 1. The summed E-state index contributed by atoms with van der Waals surface area (Å²) in [5, 5.41) is 3.00. The van der Waals surface area contributed by atoms with Gasteiger partial charge in [-0.2, -0.15) is 0 Å². The van der Waals surface area contributed by atoms with E-state index in [2.05, 4.69) is 5.32 Å². The number of benzene rings is 2. The van der Waals surface area contributed by atoms with Crippen LogP contribution in [0.25, 0.3) is 0 Å². The molecule has 2 amide bonds. The first-order valence-electron chi connectivity index (χ1n) is 8.70. The predicted molar refractivity (Wildman–Crippen MR) is 110 cm³/mol. The number of ether oxygens (including phenoxy) is 1. The van der Waals surface area contributed by atoms with Crippen LogP contribution < -0.4 is 10.1 Å². The minimum atomic E-state index is -3.45. The van der Waals surface area contributed by atoms with Crippen LogP contribution in [-0.4, -0.2) is 44.8 Å². The fourth-order valence-corrected chi connectivity index (χ4v) is 5.13. The van der Waals surface area contributed by atoms with Gasteiger partial charge in [0, 0.05) is 18.8 Å². The van der Waals surface area contributed by atoms with Crippen molar-refractivity contribution in [2.45, 2.75) is 23.0 Å². The highest BCUT2D eigenvalue weighted by Crippen LogP contribution is 2.28. The largest absolute Gasteiger partial charge is 0.497 e. The summed E-state index contributed by atoms with van der Waals surface area (Å²) in [6.07, 6.45) is 0.756. The third kappa shape index (κ3) is 4.54. The number of piperidine rings is 1. The number of halogens is 2. The molecule has 0 aliphatic carbocycles. The molecule has 0 bridgehead atoms. The second kappa shape index (κ2) is 8.59. The van der Waals surface area contributed by atoms with Crippen molar-refractivity contribution in [3.05, 3.63) is 52.5 Å². The lowest BCUT2D eigenvalue weighted by atomic mass is 10.1. The van der Waals surface area contributed by atoms with Gasteiger partial charge < -0.3 is 15.0 Å². The third-order valence-corrected chi connectivity index (χ3v) is 7.74. The highest BCUT2D eigenvalue weighted by atomic mass is 35.5. The molecule has 2 aromatic carbocycles. The Hall–Kier alpha value is -1.96. The van der Waals surface area contributed by atoms with E-state index in [0.29, 0.717) is 47.4 Å². The van der Waals surface area contributed by atoms with Gasteiger partial charge in [-0.25, -0.2) is 13.2 Å². The molecule has 1 fully saturated rings. The Balaban J connectivity index is 1.61. The van der Waals surface area contributed by atoms with Gasteiger partial charge in [0.2, 0.25) is 0 Å². The van der Waals surface area contributed by atoms with Gasteiger partial charge in [-0.1, -0.05) is 23.2 Å². The first-order chi connectivity index (χ1) is 13.3. The first-order valence-corrected chi connectivity index (χ1v) is 11.0. The van der Waals surface area contributed by atoms with E-state index in [0.717, 1.165) is 0 Å². The second-order valence-electron chi connectivity index (χ2n) is 6.47. The summed E-state index contributed by atoms with van der Waals surface area (Å²) in [6.45, 7) is 0.709. The van der Waals surface area contributed by atoms with Crippen molar-refractivity contribution in [3.63, 3.8) is 0 Å². The SMILES string of the molecule is COc1ccc(S(=O)(=O)C2CCN(C(=O)Nc3ccc(Cl)c(Cl)c3)CC2)cc1. The second-order valence-corrected chi connectivity index (χ2v) is 9.51. The van der Waals surface area contributed by atoms with Crippen LogP contribution in [0.15, 0.2) is 47.4 Å². The Morgan fingerprint density at radius 1 is 1.07 bits per heavy atom. The number of sulfone groups is 1. The Bertz CT molecular complexity index is 956. The lowest BCUT2D eigenvalue weighted by molar-refractivity contribution is 0.200. The number of carbonyl (C=O) groups excluding carboxylic acids is 1. The van der Waals surface area contributed by atoms with Gasteiger partial charge in [0.25, 0.3) is 0 Å². The molecular weight excluding hydrogens is 423 g/mol. The zero-order chi connectivity index (χ0) is 20.3. The van der Waals surface area contributed by atoms with E-state index in [4.69, 9.17) is 27.9 Å². The average Bonchev–Trinajstić information content (AvgIpc) is 2.71. The van der Waals surface area contributed by atoms with Crippen molar-refractivity contribution in [2.24, 2.45) is 0 Å². The molecule has 1 heterocycles. The number of amides is 2. The zero-order valence-electron chi connectivity index (χ0n) is 15.2. The maximum absolute atomic E-state index is 12.8. The molecule has 1 aliphatic rings. The number of anilines is 1. The third-order valence-electron chi connectivity index (χ3n) is 4.73. The molecule has 6 nitrogen and oxygen atoms in total. The number of methoxy groups -OCH3 is 1. The Kier molecular flexibility index (Phi) is 6.37. The smallest absolute Gasteiger partial charge is 0.321 e. The average molecular weight is 443 g/mol. The van der Waals surface area contributed by atoms with Crippen molar-refractivity contribution < 1.29 is 17.9 Å². The van der Waals surface area contributed by atoms with Crippen molar-refractivity contribution in [1.29, 1.82) is 0 Å². The molecule has 0 saturated carbocycles. The summed E-state index contributed by atoms with van der Waals surface area (Å²) in [5.41, 5.74) is 0.535. The van der Waals surface area contributed by atoms with Crippen LogP contribution in [0.2, 0.25) is 10.0 Å². The molecule has 0 atom stereocenters. The van der Waals surface area contributed by atoms with Crippen LogP contribution in [-0.2, 0) is 9.84 Å². The number of hydrogen-bond donors (Lipinski definition) is 1. The van der Waals surface area contributed by atoms with E-state index in [1.807, 2.05) is 0 Å². The van der Waals surface area contributed by atoms with E-state index in [9.17, 15) is 13.2 Å². The number of urea groups is 1. The van der Waals surface area contributed by atoms with Gasteiger partial charge in [-0.05, 0) is 55.3 Å². The molecule has 9 heteroatoms. The molecule has 0 aromatic heterocycles. The zero-order valence-corrected chi connectivity index (χ0v) is 17.5. The van der Waals surface area contributed by atoms with Gasteiger partial charge in [-0.15, -0.1) is 0 Å². The van der Waals surface area contributed by atoms with Crippen molar-refractivity contribution >= 4 is 44.8 Å². The Labute approximate surface area is 174 Å². The summed E-state index contributed by atoms with van der Waals surface area (Å²) >= 11 is 11.8. The molecule has 1 saturated heterocycles. The topological polar surface area (TPSA) is 75.7 Å². The highest BCUT2D eigenvalue weighted by Gasteiger charge is 2.32. The molecule has 150 valence electrons. The molecule has 28 heavy (non-hydrogen) atoms. The van der Waals surface area contributed by atoms with Crippen LogP contribution >= 0.6 is 23.2 Å². The fourth-order valence-electron chi connectivity index (χ4n) is 3.10. The molecule has 0 unspecified atom stereocenters. The quantitative estimate of drug-likeness (QED) is 0.757. The molecular formula is C19H20Cl2N2O4S. The summed E-state index contributed by atoms with van der Waals surface area (Å²) in [6, 6.07) is 10.9. The standard InChI is InChI=1S/C19H20Cl2N2O4S/c1-27-14-3-5-15(6-4-14)28(25,26)16-8-10-23(11-9-16)19(24)22-13-2-7-17(20)18(21)12-13/h2-7,12,16H,8-11H2,1H3,(H,22,24). The van der Waals surface area contributed by atoms with Crippen LogP contribution in [0.4, 0.5) is 10.5 Å². The lowest BCUT2D eigenvalue weighted by Crippen LogP contribution is -2.44. The highest BCUT2D eigenvalue weighted by molar-refractivity contribution is 7.92. The van der Waals surface area contributed by atoms with Gasteiger partial charge in [0.1, 0.15) is 5.75 Å². The summed E-state index contributed by atoms with van der Waals surface area (Å²) in [4.78, 5) is 14.3. The maximum atomic E-state index is 12.8. The van der Waals surface area contributed by atoms with E-state index in [1.165, 1.54) is 7.11 Å². The first kappa shape index (κ1) is 20.8. The number of likely N-dealkylation sites (tertiary alicyclic amines) is 1. The van der Waals surface area contributed by atoms with Gasteiger partial charge in [0.15, 0.2) is 9.84 Å². The summed E-state index contributed by atoms with van der Waals surface area (Å²) in [7, 11) is -1.92. The van der Waals surface area contributed by atoms with Crippen LogP contribution in [0, 0.1) is 0 Å². The van der Waals surface area contributed by atoms with E-state index >= 15 is 0 Å². The van der Waals surface area contributed by atoms with Crippen molar-refractivity contribution in [3.8, 4) is 5.75 Å². The molecule has 2 aromatic rings. The van der Waals surface area contributed by atoms with Gasteiger partial charge in [-0.3, -0.25) is 0 Å². The van der Waals surface area contributed by atoms with Gasteiger partial charge in [0.05, 0.1) is 27.3 Å². The van der Waals surface area contributed by atoms with E-state index in [-0.39, 0.29) is 10.9 Å². The number of carbonyl (C=O) groups is 1. The maximum Gasteiger partial charge on any atom is 0.321 e. The van der Waals surface area contributed by atoms with Gasteiger partial charge >= 0.3 is 6.03 Å². The fraction of sp³-hybridized carbons (Fsp3) is 0.316. The predicted octanol–water partition coefficient (Wildman–Crippen LogP) is 4.47. The Morgan fingerprint density at radius 3 is 2.29 bits per heavy atom. The Morgan fingerprint density at radius 2 is 1.71 bits per heavy atom. The van der Waals surface area contributed by atoms with Crippen LogP contribution in [0.5, 0.6) is 5.75 Å². The van der Waals surface area contributed by atoms with Crippen molar-refractivity contribution in [1.82, 2.24) is 4.90 Å². The molecule has 0 spiro atoms. The molecule has 1 aliphatic heterocycles. The molecule has 3 rings (SSSR count). The molecule has 0 radical (unpaired) electrons. The van der Waals surface area contributed by atoms with E-state index in [1.54, 1.807) is 47.4 Å². The summed E-state index contributed by atoms with van der Waals surface area (Å²) in [5.74, 6) is 0.604. The van der Waals surface area contributed by atoms with Crippen LogP contribution in [0.3, 0.4) is 0 Å². The number of nitrogens with zero attached hydrogens (tertiary/aromatic N) is 1.